The summed E-state index contributed by atoms with van der Waals surface area (Å²) in [4.78, 5) is 2.66. The summed E-state index contributed by atoms with van der Waals surface area (Å²) >= 11 is 0. The standard InChI is InChI=1S/C13H28N2/c1-3-5-10-15(11-6-4-2)12-13-8-7-9-14-13/h13-14H,3-12H2,1-2H3/t13-/m1/s1. The van der Waals surface area contributed by atoms with Crippen LogP contribution in [0.2, 0.25) is 0 Å². The van der Waals surface area contributed by atoms with Crippen LogP contribution >= 0.6 is 0 Å². The summed E-state index contributed by atoms with van der Waals surface area (Å²) in [5.74, 6) is 0. The number of unbranched alkanes of at least 4 members (excludes halogenated alkanes) is 2. The molecule has 1 heterocycles. The molecule has 0 spiro atoms. The molecule has 1 aliphatic heterocycles. The van der Waals surface area contributed by atoms with Crippen molar-refractivity contribution in [2.24, 2.45) is 0 Å². The van der Waals surface area contributed by atoms with Crippen LogP contribution in [0.15, 0.2) is 0 Å². The maximum Gasteiger partial charge on any atom is 0.0195 e. The van der Waals surface area contributed by atoms with Gasteiger partial charge in [-0.05, 0) is 45.3 Å². The van der Waals surface area contributed by atoms with Gasteiger partial charge in [0.05, 0.1) is 0 Å². The van der Waals surface area contributed by atoms with Crippen molar-refractivity contribution >= 4 is 0 Å². The fraction of sp³-hybridized carbons (Fsp3) is 1.00. The molecule has 2 heteroatoms. The Hall–Kier alpha value is -0.0800. The molecule has 1 saturated heterocycles. The summed E-state index contributed by atoms with van der Waals surface area (Å²) in [6.45, 7) is 9.68. The molecule has 1 atom stereocenters. The highest BCUT2D eigenvalue weighted by molar-refractivity contribution is 4.77. The third kappa shape index (κ3) is 5.53. The topological polar surface area (TPSA) is 15.3 Å². The summed E-state index contributed by atoms with van der Waals surface area (Å²) < 4.78 is 0. The molecule has 0 aromatic heterocycles. The van der Waals surface area contributed by atoms with Gasteiger partial charge in [0.2, 0.25) is 0 Å². The van der Waals surface area contributed by atoms with E-state index in [9.17, 15) is 0 Å². The second-order valence-corrected chi connectivity index (χ2v) is 4.80. The quantitative estimate of drug-likeness (QED) is 0.665. The summed E-state index contributed by atoms with van der Waals surface area (Å²) in [5.41, 5.74) is 0. The predicted octanol–water partition coefficient (Wildman–Crippen LogP) is 2.64. The largest absolute Gasteiger partial charge is 0.313 e. The monoisotopic (exact) mass is 212 g/mol. The molecule has 0 unspecified atom stereocenters. The smallest absolute Gasteiger partial charge is 0.0195 e. The van der Waals surface area contributed by atoms with Gasteiger partial charge in [-0.15, -0.1) is 0 Å². The lowest BCUT2D eigenvalue weighted by Crippen LogP contribution is -2.38. The molecule has 15 heavy (non-hydrogen) atoms. The van der Waals surface area contributed by atoms with Crippen molar-refractivity contribution in [3.63, 3.8) is 0 Å². The van der Waals surface area contributed by atoms with Gasteiger partial charge in [-0.25, -0.2) is 0 Å². The van der Waals surface area contributed by atoms with Crippen LogP contribution < -0.4 is 5.32 Å². The molecule has 2 nitrogen and oxygen atoms in total. The van der Waals surface area contributed by atoms with Crippen LogP contribution in [0.4, 0.5) is 0 Å². The third-order valence-electron chi connectivity index (χ3n) is 3.30. The van der Waals surface area contributed by atoms with E-state index in [-0.39, 0.29) is 0 Å². The Kier molecular flexibility index (Phi) is 7.03. The number of nitrogens with zero attached hydrogens (tertiary/aromatic N) is 1. The van der Waals surface area contributed by atoms with Crippen molar-refractivity contribution in [2.45, 2.75) is 58.4 Å². The Labute approximate surface area is 95.4 Å². The Bertz CT molecular complexity index is 133. The Morgan fingerprint density at radius 2 is 1.80 bits per heavy atom. The van der Waals surface area contributed by atoms with Gasteiger partial charge in [-0.2, -0.15) is 0 Å². The van der Waals surface area contributed by atoms with Gasteiger partial charge in [-0.1, -0.05) is 26.7 Å². The number of rotatable bonds is 8. The first-order valence-electron chi connectivity index (χ1n) is 6.82. The Morgan fingerprint density at radius 1 is 1.13 bits per heavy atom. The van der Waals surface area contributed by atoms with Gasteiger partial charge >= 0.3 is 0 Å². The van der Waals surface area contributed by atoms with Crippen LogP contribution in [0.5, 0.6) is 0 Å². The van der Waals surface area contributed by atoms with E-state index in [1.54, 1.807) is 0 Å². The molecular formula is C13H28N2. The van der Waals surface area contributed by atoms with Gasteiger partial charge in [-0.3, -0.25) is 0 Å². The zero-order chi connectivity index (χ0) is 10.9. The number of hydrogen-bond acceptors (Lipinski definition) is 2. The molecular weight excluding hydrogens is 184 g/mol. The SMILES string of the molecule is CCCCN(CCCC)C[C@H]1CCCN1. The van der Waals surface area contributed by atoms with Crippen molar-refractivity contribution < 1.29 is 0 Å². The number of nitrogens with one attached hydrogen (secondary N) is 1. The first-order valence-corrected chi connectivity index (χ1v) is 6.82. The third-order valence-corrected chi connectivity index (χ3v) is 3.30. The normalized spacial score (nSPS) is 21.4. The van der Waals surface area contributed by atoms with Crippen LogP contribution in [0.25, 0.3) is 0 Å². The Morgan fingerprint density at radius 3 is 2.27 bits per heavy atom. The van der Waals surface area contributed by atoms with E-state index < -0.39 is 0 Å². The van der Waals surface area contributed by atoms with Crippen molar-refractivity contribution in [1.29, 1.82) is 0 Å². The summed E-state index contributed by atoms with van der Waals surface area (Å²) in [7, 11) is 0. The van der Waals surface area contributed by atoms with E-state index in [0.717, 1.165) is 6.04 Å². The fourth-order valence-electron chi connectivity index (χ4n) is 2.28. The molecule has 0 bridgehead atoms. The fourth-order valence-corrected chi connectivity index (χ4v) is 2.28. The second-order valence-electron chi connectivity index (χ2n) is 4.80. The molecule has 0 aromatic rings. The van der Waals surface area contributed by atoms with E-state index in [0.29, 0.717) is 0 Å². The van der Waals surface area contributed by atoms with Crippen molar-refractivity contribution in [3.8, 4) is 0 Å². The molecule has 0 saturated carbocycles. The van der Waals surface area contributed by atoms with Gasteiger partial charge in [0.15, 0.2) is 0 Å². The van der Waals surface area contributed by atoms with E-state index in [4.69, 9.17) is 0 Å². The molecule has 1 fully saturated rings. The molecule has 0 aliphatic carbocycles. The highest BCUT2D eigenvalue weighted by Gasteiger charge is 2.16. The lowest BCUT2D eigenvalue weighted by molar-refractivity contribution is 0.242. The minimum Gasteiger partial charge on any atom is -0.313 e. The lowest BCUT2D eigenvalue weighted by atomic mass is 10.2. The maximum atomic E-state index is 3.60. The molecule has 0 aromatic carbocycles. The van der Waals surface area contributed by atoms with Crippen molar-refractivity contribution in [3.05, 3.63) is 0 Å². The highest BCUT2D eigenvalue weighted by atomic mass is 15.1. The Balaban J connectivity index is 2.19. The van der Waals surface area contributed by atoms with Crippen LogP contribution in [0.3, 0.4) is 0 Å². The van der Waals surface area contributed by atoms with E-state index in [1.165, 1.54) is 64.7 Å². The number of hydrogen-bond donors (Lipinski definition) is 1. The van der Waals surface area contributed by atoms with E-state index >= 15 is 0 Å². The zero-order valence-electron chi connectivity index (χ0n) is 10.6. The van der Waals surface area contributed by atoms with Crippen molar-refractivity contribution in [1.82, 2.24) is 10.2 Å². The summed E-state index contributed by atoms with van der Waals surface area (Å²) in [6, 6.07) is 0.777. The molecule has 0 radical (unpaired) electrons. The molecule has 90 valence electrons. The summed E-state index contributed by atoms with van der Waals surface area (Å²) in [5, 5.41) is 3.60. The van der Waals surface area contributed by atoms with Gasteiger partial charge in [0.1, 0.15) is 0 Å². The molecule has 0 amide bonds. The minimum atomic E-state index is 0.777. The van der Waals surface area contributed by atoms with Gasteiger partial charge < -0.3 is 10.2 Å². The first-order chi connectivity index (χ1) is 7.36. The maximum absolute atomic E-state index is 3.60. The van der Waals surface area contributed by atoms with Crippen LogP contribution in [0.1, 0.15) is 52.4 Å². The lowest BCUT2D eigenvalue weighted by Gasteiger charge is -2.25. The van der Waals surface area contributed by atoms with Crippen LogP contribution in [-0.2, 0) is 0 Å². The predicted molar refractivity (Wildman–Crippen MR) is 67.3 cm³/mol. The van der Waals surface area contributed by atoms with E-state index in [1.807, 2.05) is 0 Å². The highest BCUT2D eigenvalue weighted by Crippen LogP contribution is 2.08. The average Bonchev–Trinajstić information content (AvgIpc) is 2.74. The van der Waals surface area contributed by atoms with E-state index in [2.05, 4.69) is 24.1 Å². The van der Waals surface area contributed by atoms with Crippen molar-refractivity contribution in [2.75, 3.05) is 26.2 Å². The molecule has 1 aliphatic rings. The zero-order valence-corrected chi connectivity index (χ0v) is 10.6. The molecule has 1 N–H and O–H groups in total. The van der Waals surface area contributed by atoms with Crippen LogP contribution in [-0.4, -0.2) is 37.1 Å². The summed E-state index contributed by atoms with van der Waals surface area (Å²) in [6.07, 6.45) is 8.11. The molecule has 1 rings (SSSR count). The first kappa shape index (κ1) is 13.0. The average molecular weight is 212 g/mol. The van der Waals surface area contributed by atoms with Gasteiger partial charge in [0.25, 0.3) is 0 Å². The second kappa shape index (κ2) is 8.12. The minimum absolute atomic E-state index is 0.777. The van der Waals surface area contributed by atoms with Crippen LogP contribution in [0, 0.1) is 0 Å². The van der Waals surface area contributed by atoms with Gasteiger partial charge in [0, 0.05) is 12.6 Å².